The van der Waals surface area contributed by atoms with Crippen LogP contribution in [0.25, 0.3) is 0 Å². The quantitative estimate of drug-likeness (QED) is 0.359. The van der Waals surface area contributed by atoms with Crippen LogP contribution in [0.2, 0.25) is 0 Å². The van der Waals surface area contributed by atoms with Crippen LogP contribution in [0.15, 0.2) is 0 Å². The fourth-order valence-corrected chi connectivity index (χ4v) is 0. The number of hydrogen-bond acceptors (Lipinski definition) is 0. The third-order valence-corrected chi connectivity index (χ3v) is 0. The van der Waals surface area contributed by atoms with Crippen molar-refractivity contribution in [3.05, 3.63) is 0 Å². The minimum Gasteiger partial charge on any atom is 0 e. The maximum atomic E-state index is 0. The van der Waals surface area contributed by atoms with Crippen LogP contribution in [0.1, 0.15) is 0 Å². The average Bonchev–Trinajstić information content (AvgIpc) is 0. The van der Waals surface area contributed by atoms with E-state index in [1.54, 1.807) is 0 Å². The summed E-state index contributed by atoms with van der Waals surface area (Å²) in [5, 5.41) is 0. The van der Waals surface area contributed by atoms with Crippen LogP contribution in [0.5, 0.6) is 0 Å². The Bertz CT molecular complexity index is 0. The molecular formula is Cu9. The molecule has 0 aromatic heterocycles. The maximum Gasteiger partial charge on any atom is 0 e. The van der Waals surface area contributed by atoms with E-state index in [1.165, 1.54) is 0 Å². The number of rotatable bonds is 0. The first-order valence-electron chi connectivity index (χ1n) is 0. The molecule has 0 aromatic carbocycles. The van der Waals surface area contributed by atoms with Crippen LogP contribution in [-0.2, 0) is 154 Å². The average molecular weight is 572 g/mol. The van der Waals surface area contributed by atoms with Crippen molar-refractivity contribution in [2.45, 2.75) is 0 Å². The first-order chi connectivity index (χ1) is 0. The summed E-state index contributed by atoms with van der Waals surface area (Å²) in [6.07, 6.45) is 0. The fourth-order valence-electron chi connectivity index (χ4n) is 0. The van der Waals surface area contributed by atoms with Crippen LogP contribution in [0, 0.1) is 0 Å². The molecule has 0 fully saturated rings. The largest absolute Gasteiger partial charge is 0 e. The maximum absolute atomic E-state index is 0. The molecule has 9 heavy (non-hydrogen) atoms. The van der Waals surface area contributed by atoms with Gasteiger partial charge in [0.2, 0.25) is 0 Å². The minimum atomic E-state index is 0. The van der Waals surface area contributed by atoms with E-state index in [0.29, 0.717) is 0 Å². The summed E-state index contributed by atoms with van der Waals surface area (Å²) in [5.74, 6) is 0. The van der Waals surface area contributed by atoms with Gasteiger partial charge in [0.1, 0.15) is 0 Å². The molecule has 0 aliphatic carbocycles. The van der Waals surface area contributed by atoms with Gasteiger partial charge >= 0.3 is 0 Å². The van der Waals surface area contributed by atoms with Gasteiger partial charge < -0.3 is 0 Å². The van der Waals surface area contributed by atoms with Crippen LogP contribution >= 0.6 is 0 Å². The summed E-state index contributed by atoms with van der Waals surface area (Å²) in [6, 6.07) is 0. The van der Waals surface area contributed by atoms with Gasteiger partial charge in [-0.25, -0.2) is 0 Å². The summed E-state index contributed by atoms with van der Waals surface area (Å²) in [5.41, 5.74) is 0. The van der Waals surface area contributed by atoms with Crippen molar-refractivity contribution < 1.29 is 154 Å². The molecule has 0 saturated heterocycles. The third-order valence-electron chi connectivity index (χ3n) is 0. The molecule has 0 amide bonds. The van der Waals surface area contributed by atoms with E-state index >= 15 is 0 Å². The molecule has 0 nitrogen and oxygen atoms in total. The van der Waals surface area contributed by atoms with E-state index in [-0.39, 0.29) is 154 Å². The van der Waals surface area contributed by atoms with E-state index in [9.17, 15) is 0 Å². The molecule has 99 valence electrons. The zero-order chi connectivity index (χ0) is 0. The van der Waals surface area contributed by atoms with Crippen molar-refractivity contribution >= 4 is 0 Å². The zero-order valence-corrected chi connectivity index (χ0v) is 11.2. The Balaban J connectivity index is 0. The second-order valence-corrected chi connectivity index (χ2v) is 0. The third kappa shape index (κ3) is 66.1. The number of hydrogen-bond donors (Lipinski definition) is 0. The molecule has 0 saturated carbocycles. The summed E-state index contributed by atoms with van der Waals surface area (Å²) in [4.78, 5) is 0. The molecule has 0 heterocycles. The van der Waals surface area contributed by atoms with E-state index in [2.05, 4.69) is 0 Å². The molecule has 0 atom stereocenters. The monoisotopic (exact) mass is 566 g/mol. The first-order valence-corrected chi connectivity index (χ1v) is 0. The van der Waals surface area contributed by atoms with Crippen molar-refractivity contribution in [3.8, 4) is 0 Å². The minimum absolute atomic E-state index is 0. The first kappa shape index (κ1) is 101. The molecule has 0 aliphatic rings. The second kappa shape index (κ2) is 79.0. The summed E-state index contributed by atoms with van der Waals surface area (Å²) in [6.45, 7) is 0. The van der Waals surface area contributed by atoms with Gasteiger partial charge in [-0.2, -0.15) is 0 Å². The van der Waals surface area contributed by atoms with Crippen molar-refractivity contribution in [1.29, 1.82) is 0 Å². The Kier molecular flexibility index (Phi) is 883. The Labute approximate surface area is 151 Å². The Morgan fingerprint density at radius 1 is 0.111 bits per heavy atom. The zero-order valence-electron chi connectivity index (χ0n) is 2.71. The van der Waals surface area contributed by atoms with Gasteiger partial charge in [-0.15, -0.1) is 0 Å². The van der Waals surface area contributed by atoms with Gasteiger partial charge in [-0.3, -0.25) is 0 Å². The molecule has 9 radical (unpaired) electrons. The van der Waals surface area contributed by atoms with Gasteiger partial charge in [0.15, 0.2) is 0 Å². The predicted octanol–water partition coefficient (Wildman–Crippen LogP) is -0.0225. The molecular weight excluding hydrogens is 572 g/mol. The van der Waals surface area contributed by atoms with Gasteiger partial charge in [0.25, 0.3) is 0 Å². The van der Waals surface area contributed by atoms with Crippen LogP contribution in [-0.4, -0.2) is 0 Å². The molecule has 0 aromatic rings. The molecule has 0 N–H and O–H groups in total. The topological polar surface area (TPSA) is 0 Å². The predicted molar refractivity (Wildman–Crippen MR) is 0 cm³/mol. The molecule has 0 aliphatic heterocycles. The molecule has 9 heteroatoms. The molecule has 0 spiro atoms. The van der Waals surface area contributed by atoms with Gasteiger partial charge in [-0.1, -0.05) is 0 Å². The van der Waals surface area contributed by atoms with Crippen molar-refractivity contribution in [2.75, 3.05) is 0 Å². The molecule has 0 unspecified atom stereocenters. The second-order valence-electron chi connectivity index (χ2n) is 0. The summed E-state index contributed by atoms with van der Waals surface area (Å²) >= 11 is 0. The summed E-state index contributed by atoms with van der Waals surface area (Å²) < 4.78 is 0. The van der Waals surface area contributed by atoms with Gasteiger partial charge in [-0.05, 0) is 0 Å². The Morgan fingerprint density at radius 3 is 0.111 bits per heavy atom. The van der Waals surface area contributed by atoms with Gasteiger partial charge in [0, 0.05) is 154 Å². The Morgan fingerprint density at radius 2 is 0.111 bits per heavy atom. The summed E-state index contributed by atoms with van der Waals surface area (Å²) in [7, 11) is 0. The fraction of sp³-hybridized carbons (Fsp3) is 0. The Hall–Kier alpha value is 4.68. The van der Waals surface area contributed by atoms with Crippen molar-refractivity contribution in [3.63, 3.8) is 0 Å². The van der Waals surface area contributed by atoms with E-state index in [4.69, 9.17) is 0 Å². The smallest absolute Gasteiger partial charge is 0 e. The van der Waals surface area contributed by atoms with E-state index in [0.717, 1.165) is 0 Å². The van der Waals surface area contributed by atoms with E-state index < -0.39 is 0 Å². The molecule has 0 bridgehead atoms. The molecule has 0 rings (SSSR count). The van der Waals surface area contributed by atoms with Crippen LogP contribution < -0.4 is 0 Å². The van der Waals surface area contributed by atoms with Gasteiger partial charge in [0.05, 0.1) is 0 Å². The SMILES string of the molecule is [Cu].[Cu].[Cu].[Cu].[Cu].[Cu].[Cu].[Cu].[Cu]. The van der Waals surface area contributed by atoms with E-state index in [1.807, 2.05) is 0 Å². The van der Waals surface area contributed by atoms with Crippen molar-refractivity contribution in [1.82, 2.24) is 0 Å². The van der Waals surface area contributed by atoms with Crippen LogP contribution in [0.3, 0.4) is 0 Å². The van der Waals surface area contributed by atoms with Crippen LogP contribution in [0.4, 0.5) is 0 Å². The van der Waals surface area contributed by atoms with Crippen molar-refractivity contribution in [2.24, 2.45) is 0 Å². The normalized spacial score (nSPS) is 0. The standard InChI is InChI=1S/9Cu.